The summed E-state index contributed by atoms with van der Waals surface area (Å²) >= 11 is 0. The van der Waals surface area contributed by atoms with Crippen LogP contribution in [0.2, 0.25) is 0 Å². The largest absolute Gasteiger partial charge is 0.463 e. The molecule has 3 rings (SSSR count). The average molecular weight is 285 g/mol. The number of halogens is 1. The summed E-state index contributed by atoms with van der Waals surface area (Å²) in [7, 11) is 0. The number of aldehydes is 1. The molecular weight excluding hydrogens is 273 g/mol. The van der Waals surface area contributed by atoms with Crippen LogP contribution < -0.4 is 5.73 Å². The minimum absolute atomic E-state index is 0.139. The van der Waals surface area contributed by atoms with Crippen LogP contribution >= 0.6 is 0 Å². The number of hydrogen-bond acceptors (Lipinski definition) is 4. The van der Waals surface area contributed by atoms with Crippen molar-refractivity contribution in [1.29, 1.82) is 0 Å². The van der Waals surface area contributed by atoms with Crippen LogP contribution in [0.15, 0.2) is 47.1 Å². The predicted octanol–water partition coefficient (Wildman–Crippen LogP) is 2.73. The molecule has 106 valence electrons. The maximum Gasteiger partial charge on any atom is 0.156 e. The topological polar surface area (TPSA) is 74.1 Å². The van der Waals surface area contributed by atoms with Gasteiger partial charge in [0.25, 0.3) is 0 Å². The molecule has 0 aliphatic heterocycles. The molecule has 0 spiro atoms. The number of carbonyl (C=O) groups is 1. The van der Waals surface area contributed by atoms with Crippen molar-refractivity contribution in [3.63, 3.8) is 0 Å². The molecule has 2 heterocycles. The van der Waals surface area contributed by atoms with E-state index in [9.17, 15) is 9.18 Å². The molecular formula is C15H12FN3O2. The first-order valence-electron chi connectivity index (χ1n) is 6.29. The van der Waals surface area contributed by atoms with Crippen molar-refractivity contribution in [2.75, 3.05) is 5.73 Å². The van der Waals surface area contributed by atoms with Gasteiger partial charge in [-0.3, -0.25) is 4.79 Å². The maximum absolute atomic E-state index is 13.7. The molecule has 0 fully saturated rings. The summed E-state index contributed by atoms with van der Waals surface area (Å²) < 4.78 is 20.3. The van der Waals surface area contributed by atoms with Crippen LogP contribution in [-0.4, -0.2) is 16.1 Å². The molecule has 0 aliphatic carbocycles. The number of rotatable bonds is 4. The Hall–Kier alpha value is -2.89. The Morgan fingerprint density at radius 2 is 2.10 bits per heavy atom. The SMILES string of the molecule is Nc1c(C=O)c(-c2ccco2)nn1Cc1ccccc1F. The molecule has 0 amide bonds. The third kappa shape index (κ3) is 2.31. The zero-order valence-electron chi connectivity index (χ0n) is 11.0. The molecule has 6 heteroatoms. The summed E-state index contributed by atoms with van der Waals surface area (Å²) in [6, 6.07) is 9.72. The first-order valence-corrected chi connectivity index (χ1v) is 6.29. The quantitative estimate of drug-likeness (QED) is 0.748. The van der Waals surface area contributed by atoms with Gasteiger partial charge >= 0.3 is 0 Å². The number of nitrogens with zero attached hydrogens (tertiary/aromatic N) is 2. The van der Waals surface area contributed by atoms with E-state index >= 15 is 0 Å². The lowest BCUT2D eigenvalue weighted by atomic mass is 10.2. The molecule has 1 aromatic carbocycles. The van der Waals surface area contributed by atoms with Crippen molar-refractivity contribution in [3.8, 4) is 11.5 Å². The van der Waals surface area contributed by atoms with E-state index in [4.69, 9.17) is 10.2 Å². The van der Waals surface area contributed by atoms with Gasteiger partial charge < -0.3 is 10.2 Å². The van der Waals surface area contributed by atoms with Gasteiger partial charge in [0.05, 0.1) is 18.4 Å². The van der Waals surface area contributed by atoms with Crippen molar-refractivity contribution in [2.45, 2.75) is 6.54 Å². The van der Waals surface area contributed by atoms with Crippen molar-refractivity contribution >= 4 is 12.1 Å². The normalized spacial score (nSPS) is 10.7. The van der Waals surface area contributed by atoms with Crippen LogP contribution in [0.5, 0.6) is 0 Å². The predicted molar refractivity (Wildman–Crippen MR) is 75.2 cm³/mol. The van der Waals surface area contributed by atoms with E-state index in [1.54, 1.807) is 30.3 Å². The Morgan fingerprint density at radius 3 is 2.76 bits per heavy atom. The highest BCUT2D eigenvalue weighted by Crippen LogP contribution is 2.26. The van der Waals surface area contributed by atoms with Crippen LogP contribution in [0, 0.1) is 5.82 Å². The van der Waals surface area contributed by atoms with Gasteiger partial charge in [0.2, 0.25) is 0 Å². The molecule has 0 bridgehead atoms. The molecule has 0 radical (unpaired) electrons. The third-order valence-electron chi connectivity index (χ3n) is 3.18. The Bertz CT molecular complexity index is 778. The molecule has 2 N–H and O–H groups in total. The first-order chi connectivity index (χ1) is 10.2. The van der Waals surface area contributed by atoms with Gasteiger partial charge in [-0.05, 0) is 18.2 Å². The van der Waals surface area contributed by atoms with Gasteiger partial charge in [0.1, 0.15) is 17.3 Å². The summed E-state index contributed by atoms with van der Waals surface area (Å²) in [6.45, 7) is 0.139. The highest BCUT2D eigenvalue weighted by Gasteiger charge is 2.19. The van der Waals surface area contributed by atoms with E-state index in [1.165, 1.54) is 17.0 Å². The molecule has 0 aliphatic rings. The Morgan fingerprint density at radius 1 is 1.29 bits per heavy atom. The third-order valence-corrected chi connectivity index (χ3v) is 3.18. The van der Waals surface area contributed by atoms with Crippen molar-refractivity contribution < 1.29 is 13.6 Å². The number of furan rings is 1. The smallest absolute Gasteiger partial charge is 0.156 e. The Labute approximate surface area is 119 Å². The number of hydrogen-bond donors (Lipinski definition) is 1. The fraction of sp³-hybridized carbons (Fsp3) is 0.0667. The monoisotopic (exact) mass is 285 g/mol. The Balaban J connectivity index is 2.04. The average Bonchev–Trinajstić information content (AvgIpc) is 3.10. The molecule has 21 heavy (non-hydrogen) atoms. The second-order valence-corrected chi connectivity index (χ2v) is 4.49. The van der Waals surface area contributed by atoms with Gasteiger partial charge in [-0.1, -0.05) is 18.2 Å². The van der Waals surface area contributed by atoms with Crippen LogP contribution in [0.1, 0.15) is 15.9 Å². The zero-order chi connectivity index (χ0) is 14.8. The Kier molecular flexibility index (Phi) is 3.27. The first kappa shape index (κ1) is 13.1. The van der Waals surface area contributed by atoms with Gasteiger partial charge in [0, 0.05) is 5.56 Å². The lowest BCUT2D eigenvalue weighted by molar-refractivity contribution is 0.112. The van der Waals surface area contributed by atoms with Crippen LogP contribution in [-0.2, 0) is 6.54 Å². The molecule has 3 aromatic rings. The lowest BCUT2D eigenvalue weighted by Gasteiger charge is -2.05. The highest BCUT2D eigenvalue weighted by molar-refractivity contribution is 5.90. The number of nitrogen functional groups attached to an aromatic ring is 1. The maximum atomic E-state index is 13.7. The van der Waals surface area contributed by atoms with E-state index in [1.807, 2.05) is 0 Å². The second-order valence-electron chi connectivity index (χ2n) is 4.49. The number of anilines is 1. The summed E-state index contributed by atoms with van der Waals surface area (Å²) in [5, 5.41) is 4.26. The van der Waals surface area contributed by atoms with Crippen LogP contribution in [0.3, 0.4) is 0 Å². The molecule has 5 nitrogen and oxygen atoms in total. The number of benzene rings is 1. The zero-order valence-corrected chi connectivity index (χ0v) is 11.0. The van der Waals surface area contributed by atoms with Gasteiger partial charge in [-0.25, -0.2) is 9.07 Å². The van der Waals surface area contributed by atoms with E-state index in [0.717, 1.165) is 0 Å². The molecule has 0 atom stereocenters. The van der Waals surface area contributed by atoms with E-state index in [2.05, 4.69) is 5.10 Å². The minimum atomic E-state index is -0.348. The summed E-state index contributed by atoms with van der Waals surface area (Å²) in [5.74, 6) is 0.273. The van der Waals surface area contributed by atoms with Crippen molar-refractivity contribution in [3.05, 3.63) is 59.6 Å². The standard InChI is InChI=1S/C15H12FN3O2/c16-12-5-2-1-4-10(12)8-19-15(17)11(9-20)14(18-19)13-6-3-7-21-13/h1-7,9H,8,17H2. The van der Waals surface area contributed by atoms with E-state index in [-0.39, 0.29) is 23.7 Å². The molecule has 0 saturated carbocycles. The molecule has 2 aromatic heterocycles. The summed E-state index contributed by atoms with van der Waals surface area (Å²) in [5.41, 5.74) is 6.95. The van der Waals surface area contributed by atoms with Crippen LogP contribution in [0.25, 0.3) is 11.5 Å². The molecule has 0 saturated heterocycles. The van der Waals surface area contributed by atoms with Crippen LogP contribution in [0.4, 0.5) is 10.2 Å². The number of carbonyl (C=O) groups excluding carboxylic acids is 1. The second kappa shape index (κ2) is 5.24. The molecule has 0 unspecified atom stereocenters. The van der Waals surface area contributed by atoms with Gasteiger partial charge in [-0.15, -0.1) is 0 Å². The highest BCUT2D eigenvalue weighted by atomic mass is 19.1. The lowest BCUT2D eigenvalue weighted by Crippen LogP contribution is -2.07. The number of aromatic nitrogens is 2. The minimum Gasteiger partial charge on any atom is -0.463 e. The summed E-state index contributed by atoms with van der Waals surface area (Å²) in [6.07, 6.45) is 2.11. The summed E-state index contributed by atoms with van der Waals surface area (Å²) in [4.78, 5) is 11.2. The van der Waals surface area contributed by atoms with Crippen molar-refractivity contribution in [2.24, 2.45) is 0 Å². The van der Waals surface area contributed by atoms with E-state index < -0.39 is 0 Å². The van der Waals surface area contributed by atoms with Gasteiger partial charge in [0.15, 0.2) is 12.0 Å². The fourth-order valence-electron chi connectivity index (χ4n) is 2.11. The van der Waals surface area contributed by atoms with E-state index in [0.29, 0.717) is 23.3 Å². The van der Waals surface area contributed by atoms with Gasteiger partial charge in [-0.2, -0.15) is 5.10 Å². The number of nitrogens with two attached hydrogens (primary N) is 1. The van der Waals surface area contributed by atoms with Crippen molar-refractivity contribution in [1.82, 2.24) is 9.78 Å². The fourth-order valence-corrected chi connectivity index (χ4v) is 2.11.